The highest BCUT2D eigenvalue weighted by atomic mass is 16.8. The second kappa shape index (κ2) is 9.90. The first-order valence-electron chi connectivity index (χ1n) is 11.2. The lowest BCUT2D eigenvalue weighted by atomic mass is 9.85. The van der Waals surface area contributed by atoms with Crippen LogP contribution in [0.3, 0.4) is 0 Å². The minimum absolute atomic E-state index is 0.0472. The first kappa shape index (κ1) is 25.6. The van der Waals surface area contributed by atoms with Crippen LogP contribution in [0.1, 0.15) is 23.7 Å². The highest BCUT2D eigenvalue weighted by Crippen LogP contribution is 2.48. The fraction of sp³-hybridized carbons (Fsp3) is 0.609. The quantitative estimate of drug-likeness (QED) is 0.263. The van der Waals surface area contributed by atoms with E-state index in [-0.39, 0.29) is 23.5 Å². The lowest BCUT2D eigenvalue weighted by Gasteiger charge is -2.43. The summed E-state index contributed by atoms with van der Waals surface area (Å²) in [6.45, 7) is 0.911. The van der Waals surface area contributed by atoms with Crippen molar-refractivity contribution in [1.29, 1.82) is 0 Å². The second-order valence-corrected chi connectivity index (χ2v) is 9.16. The number of phenols is 1. The Morgan fingerprint density at radius 1 is 1.17 bits per heavy atom. The zero-order valence-electron chi connectivity index (χ0n) is 19.1. The monoisotopic (exact) mass is 498 g/mol. The van der Waals surface area contributed by atoms with E-state index in [2.05, 4.69) is 0 Å². The summed E-state index contributed by atoms with van der Waals surface area (Å²) in [5.74, 6) is -2.00. The number of fused-ring (bicyclic) bond motifs is 1. The summed E-state index contributed by atoms with van der Waals surface area (Å²) in [5.41, 5.74) is -1.28. The van der Waals surface area contributed by atoms with E-state index < -0.39 is 73.1 Å². The van der Waals surface area contributed by atoms with E-state index in [1.165, 1.54) is 38.5 Å². The summed E-state index contributed by atoms with van der Waals surface area (Å²) in [6, 6.07) is 4.03. The fourth-order valence-electron chi connectivity index (χ4n) is 4.90. The number of benzene rings is 1. The Hall–Kier alpha value is -2.45. The summed E-state index contributed by atoms with van der Waals surface area (Å²) < 4.78 is 27.4. The molecule has 12 heteroatoms. The van der Waals surface area contributed by atoms with E-state index in [1.54, 1.807) is 6.08 Å². The molecule has 0 amide bonds. The van der Waals surface area contributed by atoms with Crippen molar-refractivity contribution in [3.8, 4) is 11.5 Å². The first-order valence-corrected chi connectivity index (χ1v) is 11.2. The maximum Gasteiger partial charge on any atom is 0.338 e. The van der Waals surface area contributed by atoms with E-state index in [1.807, 2.05) is 0 Å². The molecule has 1 aromatic rings. The molecule has 12 nitrogen and oxygen atoms in total. The van der Waals surface area contributed by atoms with Crippen molar-refractivity contribution in [1.82, 2.24) is 0 Å². The molecule has 10 atom stereocenters. The van der Waals surface area contributed by atoms with Gasteiger partial charge in [0.05, 0.1) is 37.1 Å². The number of hydrogen-bond acceptors (Lipinski definition) is 12. The fourth-order valence-corrected chi connectivity index (χ4v) is 4.90. The molecular formula is C23H30O12. The van der Waals surface area contributed by atoms with Crippen molar-refractivity contribution in [2.75, 3.05) is 13.7 Å². The number of carbonyl (C=O) groups is 1. The van der Waals surface area contributed by atoms with Gasteiger partial charge in [0.1, 0.15) is 30.5 Å². The standard InChI is InChI=1S/C23H30O12/c1-23(30)8-14(33-20(29)10-3-4-12(25)13(7-10)31-2)11-5-6-32-21(16(11)23)35-22-19(28)18(27)17(26)15(9-24)34-22/h3-7,11,14-19,21-22,24-28,30H,8-9H2,1-2H3/t11-,14?,15?,16+,17?,18?,19?,21?,22?,23+/m1/s1. The van der Waals surface area contributed by atoms with Crippen molar-refractivity contribution >= 4 is 5.97 Å². The van der Waals surface area contributed by atoms with Gasteiger partial charge in [-0.1, -0.05) is 0 Å². The van der Waals surface area contributed by atoms with E-state index >= 15 is 0 Å². The molecule has 1 aliphatic carbocycles. The molecule has 2 heterocycles. The van der Waals surface area contributed by atoms with Gasteiger partial charge in [0.25, 0.3) is 0 Å². The smallest absolute Gasteiger partial charge is 0.338 e. The molecular weight excluding hydrogens is 468 g/mol. The summed E-state index contributed by atoms with van der Waals surface area (Å²) in [4.78, 5) is 12.8. The van der Waals surface area contributed by atoms with Crippen LogP contribution in [-0.4, -0.2) is 99.0 Å². The number of aromatic hydroxyl groups is 1. The summed E-state index contributed by atoms with van der Waals surface area (Å²) in [6.07, 6.45) is -6.40. The lowest BCUT2D eigenvalue weighted by molar-refractivity contribution is -0.346. The lowest BCUT2D eigenvalue weighted by Crippen LogP contribution is -2.60. The highest BCUT2D eigenvalue weighted by molar-refractivity contribution is 5.90. The summed E-state index contributed by atoms with van der Waals surface area (Å²) in [5, 5.41) is 60.6. The van der Waals surface area contributed by atoms with Gasteiger partial charge < -0.3 is 54.3 Å². The normalized spacial score (nSPS) is 40.6. The van der Waals surface area contributed by atoms with Gasteiger partial charge >= 0.3 is 5.97 Å². The second-order valence-electron chi connectivity index (χ2n) is 9.16. The highest BCUT2D eigenvalue weighted by Gasteiger charge is 2.58. The first-order chi connectivity index (χ1) is 16.6. The van der Waals surface area contributed by atoms with Crippen LogP contribution in [-0.2, 0) is 18.9 Å². The molecule has 3 aliphatic rings. The van der Waals surface area contributed by atoms with Crippen LogP contribution < -0.4 is 4.74 Å². The van der Waals surface area contributed by atoms with E-state index in [4.69, 9.17) is 23.7 Å². The Bertz CT molecular complexity index is 946. The third-order valence-electron chi connectivity index (χ3n) is 6.77. The third-order valence-corrected chi connectivity index (χ3v) is 6.77. The number of aliphatic hydroxyl groups is 5. The van der Waals surface area contributed by atoms with Crippen LogP contribution in [0.4, 0.5) is 0 Å². The number of carbonyl (C=O) groups excluding carboxylic acids is 1. The van der Waals surface area contributed by atoms with Crippen molar-refractivity contribution in [3.05, 3.63) is 36.1 Å². The van der Waals surface area contributed by atoms with Gasteiger partial charge in [-0.15, -0.1) is 0 Å². The summed E-state index contributed by atoms with van der Waals surface area (Å²) >= 11 is 0. The molecule has 7 unspecified atom stereocenters. The number of ether oxygens (including phenoxy) is 5. The minimum atomic E-state index is -1.65. The van der Waals surface area contributed by atoms with E-state index in [9.17, 15) is 35.4 Å². The Balaban J connectivity index is 1.50. The zero-order chi connectivity index (χ0) is 25.5. The molecule has 1 aromatic carbocycles. The van der Waals surface area contributed by atoms with Crippen LogP contribution in [0.2, 0.25) is 0 Å². The van der Waals surface area contributed by atoms with Crippen LogP contribution >= 0.6 is 0 Å². The Morgan fingerprint density at radius 2 is 1.91 bits per heavy atom. The van der Waals surface area contributed by atoms with Crippen LogP contribution in [0, 0.1) is 11.8 Å². The predicted molar refractivity (Wildman–Crippen MR) is 115 cm³/mol. The van der Waals surface area contributed by atoms with Crippen LogP contribution in [0.5, 0.6) is 11.5 Å². The minimum Gasteiger partial charge on any atom is -0.504 e. The SMILES string of the molecule is COc1cc(C(=O)OC2C[C@](C)(O)[C@@H]3C(OC4OC(CO)C(O)C(O)C4O)OC=C[C@H]23)ccc1O. The zero-order valence-corrected chi connectivity index (χ0v) is 19.1. The molecule has 35 heavy (non-hydrogen) atoms. The number of methoxy groups -OCH3 is 1. The molecule has 1 saturated carbocycles. The molecule has 1 saturated heterocycles. The topological polar surface area (TPSA) is 185 Å². The number of aliphatic hydroxyl groups excluding tert-OH is 4. The molecule has 0 radical (unpaired) electrons. The van der Waals surface area contributed by atoms with Crippen molar-refractivity contribution in [3.63, 3.8) is 0 Å². The van der Waals surface area contributed by atoms with Crippen molar-refractivity contribution in [2.24, 2.45) is 11.8 Å². The van der Waals surface area contributed by atoms with Crippen LogP contribution in [0.15, 0.2) is 30.5 Å². The maximum absolute atomic E-state index is 12.8. The molecule has 0 spiro atoms. The van der Waals surface area contributed by atoms with Gasteiger partial charge in [-0.05, 0) is 31.2 Å². The molecule has 2 fully saturated rings. The molecule has 0 bridgehead atoms. The Labute approximate surface area is 200 Å². The van der Waals surface area contributed by atoms with Gasteiger partial charge in [-0.25, -0.2) is 4.79 Å². The maximum atomic E-state index is 12.8. The summed E-state index contributed by atoms with van der Waals surface area (Å²) in [7, 11) is 1.35. The molecule has 194 valence electrons. The molecule has 2 aliphatic heterocycles. The van der Waals surface area contributed by atoms with E-state index in [0.29, 0.717) is 0 Å². The third kappa shape index (κ3) is 4.83. The van der Waals surface area contributed by atoms with Gasteiger partial charge in [-0.2, -0.15) is 0 Å². The van der Waals surface area contributed by atoms with Gasteiger partial charge in [0, 0.05) is 12.3 Å². The Kier molecular flexibility index (Phi) is 7.25. The van der Waals surface area contributed by atoms with Gasteiger partial charge in [0.2, 0.25) is 6.29 Å². The van der Waals surface area contributed by atoms with Gasteiger partial charge in [-0.3, -0.25) is 0 Å². The Morgan fingerprint density at radius 3 is 2.60 bits per heavy atom. The number of rotatable bonds is 6. The number of phenolic OH excluding ortho intramolecular Hbond substituents is 1. The average molecular weight is 498 g/mol. The number of esters is 1. The molecule has 6 N–H and O–H groups in total. The van der Waals surface area contributed by atoms with Crippen molar-refractivity contribution < 1.29 is 59.1 Å². The average Bonchev–Trinajstić information content (AvgIpc) is 3.09. The largest absolute Gasteiger partial charge is 0.504 e. The predicted octanol–water partition coefficient (Wildman–Crippen LogP) is -1.00. The van der Waals surface area contributed by atoms with E-state index in [0.717, 1.165) is 0 Å². The molecule has 0 aromatic heterocycles. The molecule has 4 rings (SSSR count). The van der Waals surface area contributed by atoms with Crippen LogP contribution in [0.25, 0.3) is 0 Å². The van der Waals surface area contributed by atoms with Crippen molar-refractivity contribution in [2.45, 2.75) is 62.0 Å². The number of hydrogen-bond donors (Lipinski definition) is 6. The van der Waals surface area contributed by atoms with Gasteiger partial charge in [0.15, 0.2) is 17.8 Å².